The molecular weight excluding hydrogens is 1650 g/mol. The standard InChI is InChI=1S/C127H119BN8/c1-121(2,3)83-50-60-105-96(66-83)97-67-84(122(4,5)6)51-61-106(97)132(105)90-56-58-103-111(74-90)135(116-93(78-38-27-22-28-39-78)48-37-49-94(116)79-40-29-23-30-41-79)113-76-92(134-109-64-54-87(125(13,14)15)70-100(109)101-71-88(126(16,17)18)55-65-110(101)134)77-114-115(113)128(103)104-59-57-91(133-107-62-52-85(123(7,8)9)68-98(107)99-69-86(124(10,11)12)53-63-108(99)133)75-112(104)136(114)117-95(80-42-31-24-32-43-80)72-89(127(19,20)21)73-102(117)120-130-118(81-44-33-25-34-45-81)129-119(131-120)82-46-35-26-36-47-82/h22-77H,1-21H3. The fraction of sp³-hybridized carbons (Fsp3) is 0.220. The van der Waals surface area contributed by atoms with Gasteiger partial charge in [0, 0.05) is 99.8 Å². The maximum absolute atomic E-state index is 5.92. The van der Waals surface area contributed by atoms with Crippen LogP contribution in [-0.2, 0) is 37.9 Å². The first kappa shape index (κ1) is 87.0. The lowest BCUT2D eigenvalue weighted by Gasteiger charge is -2.46. The number of anilines is 6. The fourth-order valence-corrected chi connectivity index (χ4v) is 21.3. The number of fused-ring (bicyclic) bond motifs is 13. The number of aromatic nitrogens is 6. The van der Waals surface area contributed by atoms with Gasteiger partial charge >= 0.3 is 0 Å². The highest BCUT2D eigenvalue weighted by Gasteiger charge is 2.47. The Bertz CT molecular complexity index is 7900. The first-order valence-electron chi connectivity index (χ1n) is 48.6. The Hall–Kier alpha value is -14.4. The van der Waals surface area contributed by atoms with Crippen molar-refractivity contribution in [3.63, 3.8) is 0 Å². The van der Waals surface area contributed by atoms with Crippen LogP contribution >= 0.6 is 0 Å². The van der Waals surface area contributed by atoms with Gasteiger partial charge in [0.2, 0.25) is 0 Å². The Morgan fingerprint density at radius 1 is 0.199 bits per heavy atom. The number of hydrogen-bond donors (Lipinski definition) is 0. The molecule has 2 aliphatic heterocycles. The molecule has 0 aliphatic carbocycles. The van der Waals surface area contributed by atoms with Crippen LogP contribution in [0.1, 0.15) is 184 Å². The van der Waals surface area contributed by atoms with E-state index in [-0.39, 0.29) is 32.5 Å². The van der Waals surface area contributed by atoms with Gasteiger partial charge in [-0.15, -0.1) is 0 Å². The summed E-state index contributed by atoms with van der Waals surface area (Å²) >= 11 is 0. The molecule has 0 bridgehead atoms. The van der Waals surface area contributed by atoms with Crippen LogP contribution in [0, 0.1) is 0 Å². The molecule has 670 valence electrons. The van der Waals surface area contributed by atoms with Gasteiger partial charge in [-0.25, -0.2) is 15.0 Å². The number of rotatable bonds is 11. The molecule has 136 heavy (non-hydrogen) atoms. The SMILES string of the molecule is CC(C)(C)c1cc(-c2ccccc2)c(N2c3cc(-n4c5ccc(C(C)(C)C)cc5c5cc(C(C)(C)C)ccc54)ccc3B3c4ccc(-n5c6ccc(C(C)(C)C)cc6c6cc(C(C)(C)C)ccc65)cc4N(c4c(-c5ccccc5)cccc4-c4ccccc4)c4cc(-n5c6ccc(C(C)(C)C)cc6c6cc(C(C)(C)C)ccc65)cc2c43)c(-c2nc(-c3ccccc3)nc(-c3ccccc3)n2)c1. The minimum absolute atomic E-state index is 0.109. The molecule has 0 radical (unpaired) electrons. The quantitative estimate of drug-likeness (QED) is 0.121. The number of para-hydroxylation sites is 1. The molecule has 8 nitrogen and oxygen atoms in total. The van der Waals surface area contributed by atoms with Crippen molar-refractivity contribution in [1.82, 2.24) is 28.7 Å². The summed E-state index contributed by atoms with van der Waals surface area (Å²) in [5.41, 5.74) is 36.2. The molecule has 0 amide bonds. The van der Waals surface area contributed by atoms with Crippen molar-refractivity contribution >= 4 is 123 Å². The monoisotopic (exact) mass is 1770 g/mol. The summed E-state index contributed by atoms with van der Waals surface area (Å²) in [6, 6.07) is 130. The molecule has 0 atom stereocenters. The molecule has 0 spiro atoms. The average Bonchev–Trinajstić information content (AvgIpc) is 0.879. The topological polar surface area (TPSA) is 59.9 Å². The molecule has 16 aromatic carbocycles. The molecule has 0 unspecified atom stereocenters. The maximum Gasteiger partial charge on any atom is 0.252 e. The molecule has 20 aromatic rings. The predicted molar refractivity (Wildman–Crippen MR) is 580 cm³/mol. The van der Waals surface area contributed by atoms with Crippen molar-refractivity contribution in [3.05, 3.63) is 379 Å². The van der Waals surface area contributed by atoms with E-state index in [0.717, 1.165) is 151 Å². The Balaban J connectivity index is 0.965. The van der Waals surface area contributed by atoms with Crippen LogP contribution in [-0.4, -0.2) is 35.4 Å². The summed E-state index contributed by atoms with van der Waals surface area (Å²) in [6.45, 7) is 48.7. The van der Waals surface area contributed by atoms with Gasteiger partial charge in [0.1, 0.15) is 0 Å². The summed E-state index contributed by atoms with van der Waals surface area (Å²) in [5.74, 6) is 1.70. The van der Waals surface area contributed by atoms with Gasteiger partial charge in [0.05, 0.1) is 50.2 Å². The normalized spacial score (nSPS) is 13.3. The second-order valence-electron chi connectivity index (χ2n) is 45.4. The summed E-state index contributed by atoms with van der Waals surface area (Å²) in [5, 5.41) is 7.31. The average molecular weight is 1770 g/mol. The number of hydrogen-bond acceptors (Lipinski definition) is 5. The van der Waals surface area contributed by atoms with Gasteiger partial charge in [-0.1, -0.05) is 364 Å². The Morgan fingerprint density at radius 2 is 0.456 bits per heavy atom. The zero-order valence-corrected chi connectivity index (χ0v) is 82.5. The second kappa shape index (κ2) is 31.6. The first-order chi connectivity index (χ1) is 64.9. The van der Waals surface area contributed by atoms with Crippen molar-refractivity contribution in [2.45, 2.75) is 183 Å². The summed E-state index contributed by atoms with van der Waals surface area (Å²) in [7, 11) is 0. The molecule has 22 rings (SSSR count). The van der Waals surface area contributed by atoms with Crippen LogP contribution < -0.4 is 26.2 Å². The van der Waals surface area contributed by atoms with E-state index < -0.39 is 12.1 Å². The highest BCUT2D eigenvalue weighted by Crippen LogP contribution is 2.57. The van der Waals surface area contributed by atoms with E-state index in [1.165, 1.54) is 71.2 Å². The van der Waals surface area contributed by atoms with Crippen molar-refractivity contribution < 1.29 is 0 Å². The minimum atomic E-state index is -0.418. The van der Waals surface area contributed by atoms with Gasteiger partial charge in [-0.05, 0) is 231 Å². The third kappa shape index (κ3) is 14.8. The van der Waals surface area contributed by atoms with Crippen LogP contribution in [0.5, 0.6) is 0 Å². The Morgan fingerprint density at radius 3 is 0.757 bits per heavy atom. The second-order valence-corrected chi connectivity index (χ2v) is 45.4. The van der Waals surface area contributed by atoms with Crippen LogP contribution in [0.25, 0.3) is 150 Å². The third-order valence-electron chi connectivity index (χ3n) is 28.9. The van der Waals surface area contributed by atoms with Crippen molar-refractivity contribution in [1.29, 1.82) is 0 Å². The molecule has 9 heteroatoms. The van der Waals surface area contributed by atoms with Crippen LogP contribution in [0.4, 0.5) is 34.1 Å². The zero-order chi connectivity index (χ0) is 94.5. The molecular formula is C127H119BN8. The van der Waals surface area contributed by atoms with Crippen molar-refractivity contribution in [2.24, 2.45) is 0 Å². The zero-order valence-electron chi connectivity index (χ0n) is 82.5. The Kier molecular flexibility index (Phi) is 20.2. The highest BCUT2D eigenvalue weighted by atomic mass is 15.2. The molecule has 0 N–H and O–H groups in total. The van der Waals surface area contributed by atoms with Gasteiger partial charge < -0.3 is 23.5 Å². The molecule has 2 aliphatic rings. The van der Waals surface area contributed by atoms with Gasteiger partial charge in [-0.3, -0.25) is 0 Å². The van der Waals surface area contributed by atoms with E-state index in [4.69, 9.17) is 15.0 Å². The number of nitrogens with zero attached hydrogens (tertiary/aromatic N) is 8. The lowest BCUT2D eigenvalue weighted by molar-refractivity contribution is 0.590. The largest absolute Gasteiger partial charge is 0.310 e. The Labute approximate surface area is 802 Å². The number of benzene rings is 16. The third-order valence-corrected chi connectivity index (χ3v) is 28.9. The highest BCUT2D eigenvalue weighted by molar-refractivity contribution is 7.00. The van der Waals surface area contributed by atoms with E-state index in [2.05, 4.69) is 509 Å². The molecule has 6 heterocycles. The van der Waals surface area contributed by atoms with Crippen LogP contribution in [0.15, 0.2) is 340 Å². The minimum Gasteiger partial charge on any atom is -0.310 e. The lowest BCUT2D eigenvalue weighted by Crippen LogP contribution is -2.61. The van der Waals surface area contributed by atoms with E-state index in [1.807, 2.05) is 0 Å². The maximum atomic E-state index is 5.92. The molecule has 0 saturated heterocycles. The van der Waals surface area contributed by atoms with Gasteiger partial charge in [0.25, 0.3) is 6.71 Å². The molecule has 0 saturated carbocycles. The van der Waals surface area contributed by atoms with Crippen LogP contribution in [0.3, 0.4) is 0 Å². The summed E-state index contributed by atoms with van der Waals surface area (Å²) < 4.78 is 7.75. The summed E-state index contributed by atoms with van der Waals surface area (Å²) in [6.07, 6.45) is 0. The van der Waals surface area contributed by atoms with Crippen molar-refractivity contribution in [2.75, 3.05) is 9.80 Å². The van der Waals surface area contributed by atoms with E-state index in [0.29, 0.717) is 17.5 Å². The molecule has 0 fully saturated rings. The van der Waals surface area contributed by atoms with E-state index in [1.54, 1.807) is 0 Å². The molecule has 4 aromatic heterocycles. The van der Waals surface area contributed by atoms with Gasteiger partial charge in [-0.2, -0.15) is 0 Å². The van der Waals surface area contributed by atoms with Crippen LogP contribution in [0.2, 0.25) is 0 Å². The predicted octanol–water partition coefficient (Wildman–Crippen LogP) is 32.3. The van der Waals surface area contributed by atoms with Gasteiger partial charge in [0.15, 0.2) is 17.5 Å². The first-order valence-corrected chi connectivity index (χ1v) is 48.6. The lowest BCUT2D eigenvalue weighted by atomic mass is 9.33. The van der Waals surface area contributed by atoms with Crippen molar-refractivity contribution in [3.8, 4) is 84.6 Å². The fourth-order valence-electron chi connectivity index (χ4n) is 21.3. The smallest absolute Gasteiger partial charge is 0.252 e. The van der Waals surface area contributed by atoms with E-state index in [9.17, 15) is 0 Å². The summed E-state index contributed by atoms with van der Waals surface area (Å²) in [4.78, 5) is 22.8. The van der Waals surface area contributed by atoms with E-state index >= 15 is 0 Å².